The van der Waals surface area contributed by atoms with Crippen molar-refractivity contribution in [2.75, 3.05) is 13.1 Å². The first kappa shape index (κ1) is 23.1. The van der Waals surface area contributed by atoms with Crippen LogP contribution in [0.5, 0.6) is 0 Å². The Balaban J connectivity index is 4.16. The van der Waals surface area contributed by atoms with Crippen molar-refractivity contribution in [1.82, 2.24) is 16.0 Å². The number of carboxylic acids is 1. The highest BCUT2D eigenvalue weighted by molar-refractivity contribution is 5.92. The number of carbonyl (C=O) groups is 4. The molecule has 0 aliphatic carbocycles. The Labute approximate surface area is 150 Å². The summed E-state index contributed by atoms with van der Waals surface area (Å²) in [5, 5.41) is 15.6. The van der Waals surface area contributed by atoms with E-state index in [2.05, 4.69) is 20.9 Å². The standard InChI is InChI=1S/C14H27N7O5/c1-7(11(23)21-8(2)13(25)26)20-10(22)6-19-12(24)9(15)4-3-5-18-14(16)17/h7-9H,3-6,15H2,1-2H3,(H,19,24)(H,20,22)(H,21,23)(H,25,26)(H4,16,17,18)/t7-,8-,9-/m0/s1. The number of rotatable bonds is 11. The van der Waals surface area contributed by atoms with E-state index in [1.807, 2.05) is 0 Å². The molecule has 0 spiro atoms. The van der Waals surface area contributed by atoms with Gasteiger partial charge in [0.05, 0.1) is 12.6 Å². The third-order valence-corrected chi connectivity index (χ3v) is 3.23. The van der Waals surface area contributed by atoms with Crippen molar-refractivity contribution in [3.8, 4) is 0 Å². The monoisotopic (exact) mass is 373 g/mol. The van der Waals surface area contributed by atoms with Crippen molar-refractivity contribution >= 4 is 29.7 Å². The molecule has 0 saturated heterocycles. The molecule has 12 nitrogen and oxygen atoms in total. The number of carbonyl (C=O) groups excluding carboxylic acids is 3. The highest BCUT2D eigenvalue weighted by Crippen LogP contribution is 1.95. The number of hydrogen-bond donors (Lipinski definition) is 7. The lowest BCUT2D eigenvalue weighted by Crippen LogP contribution is -2.52. The zero-order valence-electron chi connectivity index (χ0n) is 14.8. The van der Waals surface area contributed by atoms with Crippen LogP contribution >= 0.6 is 0 Å². The molecule has 3 amide bonds. The fourth-order valence-electron chi connectivity index (χ4n) is 1.71. The van der Waals surface area contributed by atoms with E-state index in [1.165, 1.54) is 13.8 Å². The number of nitrogens with one attached hydrogen (secondary N) is 3. The van der Waals surface area contributed by atoms with Gasteiger partial charge in [0.1, 0.15) is 12.1 Å². The van der Waals surface area contributed by atoms with Crippen LogP contribution in [-0.4, -0.2) is 66.0 Å². The van der Waals surface area contributed by atoms with Crippen LogP contribution in [0.15, 0.2) is 4.99 Å². The molecule has 0 radical (unpaired) electrons. The summed E-state index contributed by atoms with van der Waals surface area (Å²) < 4.78 is 0. The largest absolute Gasteiger partial charge is 0.480 e. The van der Waals surface area contributed by atoms with E-state index in [-0.39, 0.29) is 12.5 Å². The van der Waals surface area contributed by atoms with Gasteiger partial charge in [0.25, 0.3) is 0 Å². The van der Waals surface area contributed by atoms with Gasteiger partial charge in [-0.15, -0.1) is 0 Å². The van der Waals surface area contributed by atoms with Gasteiger partial charge < -0.3 is 38.3 Å². The molecule has 148 valence electrons. The Hall–Kier alpha value is -2.89. The minimum atomic E-state index is -1.20. The summed E-state index contributed by atoms with van der Waals surface area (Å²) in [5.41, 5.74) is 16.0. The molecule has 0 heterocycles. The summed E-state index contributed by atoms with van der Waals surface area (Å²) in [6, 6.07) is -2.87. The van der Waals surface area contributed by atoms with Crippen molar-refractivity contribution in [3.05, 3.63) is 0 Å². The van der Waals surface area contributed by atoms with Crippen LogP contribution < -0.4 is 33.2 Å². The first-order valence-corrected chi connectivity index (χ1v) is 7.95. The molecular formula is C14H27N7O5. The highest BCUT2D eigenvalue weighted by atomic mass is 16.4. The van der Waals surface area contributed by atoms with Gasteiger partial charge in [-0.1, -0.05) is 0 Å². The summed E-state index contributed by atoms with van der Waals surface area (Å²) in [6.45, 7) is 2.65. The summed E-state index contributed by atoms with van der Waals surface area (Å²) in [4.78, 5) is 49.6. The molecule has 0 rings (SSSR count). The Morgan fingerprint density at radius 2 is 1.65 bits per heavy atom. The van der Waals surface area contributed by atoms with Crippen LogP contribution in [0.2, 0.25) is 0 Å². The topological polar surface area (TPSA) is 215 Å². The molecule has 3 atom stereocenters. The Morgan fingerprint density at radius 3 is 2.19 bits per heavy atom. The zero-order chi connectivity index (χ0) is 20.3. The lowest BCUT2D eigenvalue weighted by molar-refractivity contribution is -0.141. The second-order valence-corrected chi connectivity index (χ2v) is 5.63. The summed E-state index contributed by atoms with van der Waals surface area (Å²) in [7, 11) is 0. The average molecular weight is 373 g/mol. The summed E-state index contributed by atoms with van der Waals surface area (Å²) in [5.74, 6) is -3.04. The van der Waals surface area contributed by atoms with Gasteiger partial charge in [0.2, 0.25) is 17.7 Å². The van der Waals surface area contributed by atoms with Gasteiger partial charge in [0.15, 0.2) is 5.96 Å². The number of nitrogens with zero attached hydrogens (tertiary/aromatic N) is 1. The SMILES string of the molecule is C[C@H](NC(=O)[C@H](C)NC(=O)CNC(=O)[C@@H](N)CCCN=C(N)N)C(=O)O. The fourth-order valence-corrected chi connectivity index (χ4v) is 1.71. The Morgan fingerprint density at radius 1 is 1.04 bits per heavy atom. The molecule has 0 aromatic rings. The molecule has 26 heavy (non-hydrogen) atoms. The Kier molecular flexibility index (Phi) is 10.3. The molecule has 0 aromatic carbocycles. The van der Waals surface area contributed by atoms with Crippen LogP contribution in [0.1, 0.15) is 26.7 Å². The molecular weight excluding hydrogens is 346 g/mol. The van der Waals surface area contributed by atoms with Gasteiger partial charge in [0, 0.05) is 6.54 Å². The smallest absolute Gasteiger partial charge is 0.325 e. The number of carboxylic acid groups (broad SMARTS) is 1. The van der Waals surface area contributed by atoms with Crippen molar-refractivity contribution in [3.63, 3.8) is 0 Å². The van der Waals surface area contributed by atoms with Crippen molar-refractivity contribution in [1.29, 1.82) is 0 Å². The molecule has 0 bridgehead atoms. The quantitative estimate of drug-likeness (QED) is 0.110. The lowest BCUT2D eigenvalue weighted by Gasteiger charge is -2.17. The minimum absolute atomic E-state index is 0.0457. The van der Waals surface area contributed by atoms with Crippen molar-refractivity contribution in [2.24, 2.45) is 22.2 Å². The predicted octanol–water partition coefficient (Wildman–Crippen LogP) is -3.42. The van der Waals surface area contributed by atoms with Crippen LogP contribution in [0.4, 0.5) is 0 Å². The molecule has 0 fully saturated rings. The lowest BCUT2D eigenvalue weighted by atomic mass is 10.1. The first-order chi connectivity index (χ1) is 12.0. The van der Waals surface area contributed by atoms with Gasteiger partial charge in [-0.3, -0.25) is 24.2 Å². The minimum Gasteiger partial charge on any atom is -0.480 e. The molecule has 0 aliphatic rings. The van der Waals surface area contributed by atoms with E-state index >= 15 is 0 Å². The second-order valence-electron chi connectivity index (χ2n) is 5.63. The fraction of sp³-hybridized carbons (Fsp3) is 0.643. The van der Waals surface area contributed by atoms with Gasteiger partial charge >= 0.3 is 5.97 Å². The molecule has 0 saturated carbocycles. The van der Waals surface area contributed by atoms with Crippen molar-refractivity contribution in [2.45, 2.75) is 44.8 Å². The van der Waals surface area contributed by atoms with Crippen LogP contribution in [-0.2, 0) is 19.2 Å². The summed E-state index contributed by atoms with van der Waals surface area (Å²) >= 11 is 0. The van der Waals surface area contributed by atoms with E-state index < -0.39 is 41.8 Å². The van der Waals surface area contributed by atoms with Gasteiger partial charge in [-0.2, -0.15) is 0 Å². The number of nitrogens with two attached hydrogens (primary N) is 3. The number of hydrogen-bond acceptors (Lipinski definition) is 6. The third kappa shape index (κ3) is 10.1. The number of aliphatic imine (C=N–C) groups is 1. The zero-order valence-corrected chi connectivity index (χ0v) is 14.8. The highest BCUT2D eigenvalue weighted by Gasteiger charge is 2.21. The normalized spacial score (nSPS) is 13.7. The first-order valence-electron chi connectivity index (χ1n) is 7.95. The maximum absolute atomic E-state index is 11.8. The summed E-state index contributed by atoms with van der Waals surface area (Å²) in [6.07, 6.45) is 0.827. The van der Waals surface area contributed by atoms with Crippen LogP contribution in [0.3, 0.4) is 0 Å². The van der Waals surface area contributed by atoms with E-state index in [0.717, 1.165) is 0 Å². The molecule has 10 N–H and O–H groups in total. The van der Waals surface area contributed by atoms with E-state index in [0.29, 0.717) is 19.4 Å². The van der Waals surface area contributed by atoms with Crippen molar-refractivity contribution < 1.29 is 24.3 Å². The molecule has 0 unspecified atom stereocenters. The van der Waals surface area contributed by atoms with E-state index in [9.17, 15) is 19.2 Å². The van der Waals surface area contributed by atoms with Crippen LogP contribution in [0, 0.1) is 0 Å². The number of amides is 3. The molecule has 0 aromatic heterocycles. The second kappa shape index (κ2) is 11.6. The predicted molar refractivity (Wildman–Crippen MR) is 93.7 cm³/mol. The Bertz CT molecular complexity index is 548. The molecule has 12 heteroatoms. The maximum Gasteiger partial charge on any atom is 0.325 e. The third-order valence-electron chi connectivity index (χ3n) is 3.23. The average Bonchev–Trinajstić information content (AvgIpc) is 2.55. The van der Waals surface area contributed by atoms with Gasteiger partial charge in [-0.25, -0.2) is 0 Å². The van der Waals surface area contributed by atoms with E-state index in [1.54, 1.807) is 0 Å². The van der Waals surface area contributed by atoms with Gasteiger partial charge in [-0.05, 0) is 26.7 Å². The van der Waals surface area contributed by atoms with E-state index in [4.69, 9.17) is 22.3 Å². The number of guanidine groups is 1. The molecule has 0 aliphatic heterocycles. The van der Waals surface area contributed by atoms with Crippen LogP contribution in [0.25, 0.3) is 0 Å². The number of aliphatic carboxylic acids is 1. The maximum atomic E-state index is 11.8.